The van der Waals surface area contributed by atoms with Crippen LogP contribution in [0.15, 0.2) is 30.6 Å². The number of nitriles is 2. The molecule has 17 heavy (non-hydrogen) atoms. The number of hydrogen-bond donors (Lipinski definition) is 0. The van der Waals surface area contributed by atoms with Gasteiger partial charge in [-0.1, -0.05) is 6.07 Å². The van der Waals surface area contributed by atoms with Gasteiger partial charge in [0.25, 0.3) is 0 Å². The van der Waals surface area contributed by atoms with E-state index in [1.54, 1.807) is 12.4 Å². The SMILES string of the molecule is N#CCc1cn(CC#N)nc1-c1ccccn1. The Kier molecular flexibility index (Phi) is 3.13. The van der Waals surface area contributed by atoms with E-state index in [1.807, 2.05) is 24.3 Å². The van der Waals surface area contributed by atoms with Crippen LogP contribution in [-0.2, 0) is 13.0 Å². The molecule has 0 N–H and O–H groups in total. The number of aromatic nitrogens is 3. The van der Waals surface area contributed by atoms with Gasteiger partial charge in [-0.05, 0) is 12.1 Å². The second-order valence-electron chi connectivity index (χ2n) is 3.41. The lowest BCUT2D eigenvalue weighted by molar-refractivity contribution is 0.711. The molecule has 0 aliphatic heterocycles. The molecule has 0 fully saturated rings. The number of nitrogens with zero attached hydrogens (tertiary/aromatic N) is 5. The van der Waals surface area contributed by atoms with Crippen molar-refractivity contribution in [3.63, 3.8) is 0 Å². The first-order valence-electron chi connectivity index (χ1n) is 5.07. The molecule has 82 valence electrons. The Morgan fingerprint density at radius 2 is 2.12 bits per heavy atom. The molecule has 5 nitrogen and oxygen atoms in total. The van der Waals surface area contributed by atoms with Gasteiger partial charge in [0.1, 0.15) is 12.2 Å². The second-order valence-corrected chi connectivity index (χ2v) is 3.41. The minimum absolute atomic E-state index is 0.172. The highest BCUT2D eigenvalue weighted by molar-refractivity contribution is 5.58. The van der Waals surface area contributed by atoms with Crippen LogP contribution in [0.3, 0.4) is 0 Å². The van der Waals surface area contributed by atoms with Crippen molar-refractivity contribution in [2.45, 2.75) is 13.0 Å². The minimum atomic E-state index is 0.172. The predicted octanol–water partition coefficient (Wildman–Crippen LogP) is 1.53. The van der Waals surface area contributed by atoms with Gasteiger partial charge in [-0.25, -0.2) is 0 Å². The molecule has 0 atom stereocenters. The van der Waals surface area contributed by atoms with E-state index in [1.165, 1.54) is 4.68 Å². The van der Waals surface area contributed by atoms with Crippen LogP contribution in [-0.4, -0.2) is 14.8 Å². The summed E-state index contributed by atoms with van der Waals surface area (Å²) in [5.41, 5.74) is 2.18. The van der Waals surface area contributed by atoms with Crippen molar-refractivity contribution in [3.8, 4) is 23.5 Å². The van der Waals surface area contributed by atoms with Gasteiger partial charge in [0, 0.05) is 18.0 Å². The molecule has 2 rings (SSSR count). The van der Waals surface area contributed by atoms with Gasteiger partial charge >= 0.3 is 0 Å². The molecular weight excluding hydrogens is 214 g/mol. The Hall–Kier alpha value is -2.66. The zero-order valence-corrected chi connectivity index (χ0v) is 9.04. The maximum absolute atomic E-state index is 8.76. The first-order chi connectivity index (χ1) is 8.35. The zero-order chi connectivity index (χ0) is 12.1. The third kappa shape index (κ3) is 2.30. The third-order valence-electron chi connectivity index (χ3n) is 2.25. The van der Waals surface area contributed by atoms with Gasteiger partial charge < -0.3 is 0 Å². The lowest BCUT2D eigenvalue weighted by atomic mass is 10.1. The molecule has 5 heteroatoms. The average molecular weight is 223 g/mol. The average Bonchev–Trinajstić information content (AvgIpc) is 2.74. The molecule has 0 unspecified atom stereocenters. The first-order valence-corrected chi connectivity index (χ1v) is 5.07. The third-order valence-corrected chi connectivity index (χ3v) is 2.25. The van der Waals surface area contributed by atoms with Gasteiger partial charge in [-0.2, -0.15) is 15.6 Å². The van der Waals surface area contributed by atoms with E-state index in [0.717, 1.165) is 11.3 Å². The smallest absolute Gasteiger partial charge is 0.128 e. The number of pyridine rings is 1. The Bertz CT molecular complexity index is 586. The minimum Gasteiger partial charge on any atom is -0.258 e. The number of rotatable bonds is 3. The molecule has 2 aromatic heterocycles. The lowest BCUT2D eigenvalue weighted by Crippen LogP contribution is -1.95. The van der Waals surface area contributed by atoms with Crippen LogP contribution in [0, 0.1) is 22.7 Å². The van der Waals surface area contributed by atoms with Crippen molar-refractivity contribution in [1.29, 1.82) is 10.5 Å². The molecule has 0 saturated carbocycles. The fourth-order valence-corrected chi connectivity index (χ4v) is 1.55. The zero-order valence-electron chi connectivity index (χ0n) is 9.04. The van der Waals surface area contributed by atoms with Crippen LogP contribution in [0.2, 0.25) is 0 Å². The Morgan fingerprint density at radius 3 is 2.76 bits per heavy atom. The Labute approximate surface area is 98.6 Å². The summed E-state index contributed by atoms with van der Waals surface area (Å²) in [7, 11) is 0. The maximum Gasteiger partial charge on any atom is 0.128 e. The summed E-state index contributed by atoms with van der Waals surface area (Å²) in [5, 5.41) is 21.7. The fourth-order valence-electron chi connectivity index (χ4n) is 1.55. The van der Waals surface area contributed by atoms with Gasteiger partial charge in [0.05, 0.1) is 24.3 Å². The van der Waals surface area contributed by atoms with Crippen LogP contribution >= 0.6 is 0 Å². The predicted molar refractivity (Wildman–Crippen MR) is 60.4 cm³/mol. The summed E-state index contributed by atoms with van der Waals surface area (Å²) in [5.74, 6) is 0. The first kappa shape index (κ1) is 10.8. The van der Waals surface area contributed by atoms with Crippen molar-refractivity contribution >= 4 is 0 Å². The molecule has 2 heterocycles. The maximum atomic E-state index is 8.76. The van der Waals surface area contributed by atoms with Crippen LogP contribution in [0.1, 0.15) is 5.56 Å². The molecule has 0 aliphatic rings. The lowest BCUT2D eigenvalue weighted by Gasteiger charge is -1.96. The standard InChI is InChI=1S/C12H9N5/c13-5-4-10-9-17(8-6-14)16-12(10)11-3-1-2-7-15-11/h1-3,7,9H,4,8H2. The molecule has 0 radical (unpaired) electrons. The van der Waals surface area contributed by atoms with Crippen LogP contribution in [0.4, 0.5) is 0 Å². The quantitative estimate of drug-likeness (QED) is 0.790. The van der Waals surface area contributed by atoms with E-state index in [9.17, 15) is 0 Å². The highest BCUT2D eigenvalue weighted by atomic mass is 15.3. The Morgan fingerprint density at radius 1 is 1.24 bits per heavy atom. The largest absolute Gasteiger partial charge is 0.258 e. The van der Waals surface area contributed by atoms with Gasteiger partial charge in [-0.3, -0.25) is 9.67 Å². The topological polar surface area (TPSA) is 78.3 Å². The van der Waals surface area contributed by atoms with Gasteiger partial charge in [0.15, 0.2) is 0 Å². The van der Waals surface area contributed by atoms with Crippen LogP contribution < -0.4 is 0 Å². The van der Waals surface area contributed by atoms with Crippen molar-refractivity contribution in [1.82, 2.24) is 14.8 Å². The van der Waals surface area contributed by atoms with Crippen molar-refractivity contribution in [2.24, 2.45) is 0 Å². The van der Waals surface area contributed by atoms with E-state index >= 15 is 0 Å². The molecule has 0 spiro atoms. The highest BCUT2D eigenvalue weighted by Gasteiger charge is 2.11. The van der Waals surface area contributed by atoms with E-state index in [-0.39, 0.29) is 13.0 Å². The van der Waals surface area contributed by atoms with Gasteiger partial charge in [0.2, 0.25) is 0 Å². The molecule has 0 aromatic carbocycles. The van der Waals surface area contributed by atoms with Crippen LogP contribution in [0.25, 0.3) is 11.4 Å². The summed E-state index contributed by atoms with van der Waals surface area (Å²) in [6, 6.07) is 9.62. The van der Waals surface area contributed by atoms with Crippen LogP contribution in [0.5, 0.6) is 0 Å². The number of hydrogen-bond acceptors (Lipinski definition) is 4. The molecule has 0 bridgehead atoms. The summed E-state index contributed by atoms with van der Waals surface area (Å²) in [4.78, 5) is 4.20. The van der Waals surface area contributed by atoms with Crippen molar-refractivity contribution in [3.05, 3.63) is 36.2 Å². The molecule has 0 amide bonds. The molecule has 0 aliphatic carbocycles. The van der Waals surface area contributed by atoms with E-state index in [2.05, 4.69) is 16.2 Å². The van der Waals surface area contributed by atoms with Crippen molar-refractivity contribution < 1.29 is 0 Å². The summed E-state index contributed by atoms with van der Waals surface area (Å²) in [6.07, 6.45) is 3.66. The highest BCUT2D eigenvalue weighted by Crippen LogP contribution is 2.19. The summed E-state index contributed by atoms with van der Waals surface area (Å²) < 4.78 is 1.52. The molecule has 0 saturated heterocycles. The normalized spacial score (nSPS) is 9.53. The van der Waals surface area contributed by atoms with E-state index in [0.29, 0.717) is 5.69 Å². The molecular formula is C12H9N5. The van der Waals surface area contributed by atoms with E-state index < -0.39 is 0 Å². The Balaban J connectivity index is 2.46. The van der Waals surface area contributed by atoms with E-state index in [4.69, 9.17) is 10.5 Å². The summed E-state index contributed by atoms with van der Waals surface area (Å²) in [6.45, 7) is 0.172. The monoisotopic (exact) mass is 223 g/mol. The summed E-state index contributed by atoms with van der Waals surface area (Å²) >= 11 is 0. The van der Waals surface area contributed by atoms with Crippen molar-refractivity contribution in [2.75, 3.05) is 0 Å². The fraction of sp³-hybridized carbons (Fsp3) is 0.167. The molecule has 2 aromatic rings. The van der Waals surface area contributed by atoms with Gasteiger partial charge in [-0.15, -0.1) is 0 Å². The second kappa shape index (κ2) is 4.91.